The molecule has 0 atom stereocenters. The minimum atomic E-state index is -0.232. The molecule has 1 aromatic carbocycles. The highest BCUT2D eigenvalue weighted by Gasteiger charge is 2.16. The van der Waals surface area contributed by atoms with Gasteiger partial charge in [0.1, 0.15) is 0 Å². The van der Waals surface area contributed by atoms with Crippen LogP contribution in [0.15, 0.2) is 30.3 Å². The van der Waals surface area contributed by atoms with Gasteiger partial charge in [0.05, 0.1) is 12.2 Å². The zero-order valence-electron chi connectivity index (χ0n) is 8.79. The smallest absolute Gasteiger partial charge is 0.0739 e. The number of hydrogen-bond acceptors (Lipinski definition) is 1. The van der Waals surface area contributed by atoms with Crippen molar-refractivity contribution < 1.29 is 4.74 Å². The van der Waals surface area contributed by atoms with Gasteiger partial charge >= 0.3 is 0 Å². The molecule has 0 saturated carbocycles. The van der Waals surface area contributed by atoms with Crippen LogP contribution in [0.25, 0.3) is 0 Å². The van der Waals surface area contributed by atoms with Gasteiger partial charge in [0.25, 0.3) is 0 Å². The van der Waals surface area contributed by atoms with E-state index >= 15 is 0 Å². The Labute approximate surface area is 86.1 Å². The first kappa shape index (κ1) is 10.8. The monoisotopic (exact) mass is 188 g/mol. The van der Waals surface area contributed by atoms with Gasteiger partial charge in [-0.05, 0) is 19.4 Å². The summed E-state index contributed by atoms with van der Waals surface area (Å²) in [6, 6.07) is 10.1. The predicted molar refractivity (Wildman–Crippen MR) is 58.8 cm³/mol. The van der Waals surface area contributed by atoms with Gasteiger partial charge in [-0.15, -0.1) is 12.3 Å². The zero-order valence-corrected chi connectivity index (χ0v) is 8.79. The van der Waals surface area contributed by atoms with E-state index in [1.807, 2.05) is 44.2 Å². The summed E-state index contributed by atoms with van der Waals surface area (Å²) in [5, 5.41) is 0. The Kier molecular flexibility index (Phi) is 3.73. The third-order valence-electron chi connectivity index (χ3n) is 2.00. The van der Waals surface area contributed by atoms with Crippen LogP contribution >= 0.6 is 0 Å². The average molecular weight is 188 g/mol. The summed E-state index contributed by atoms with van der Waals surface area (Å²) in [7, 11) is 0. The lowest BCUT2D eigenvalue weighted by Gasteiger charge is -2.22. The van der Waals surface area contributed by atoms with Crippen molar-refractivity contribution >= 4 is 0 Å². The van der Waals surface area contributed by atoms with Crippen molar-refractivity contribution in [3.63, 3.8) is 0 Å². The van der Waals surface area contributed by atoms with Crippen LogP contribution in [0.2, 0.25) is 0 Å². The Morgan fingerprint density at radius 1 is 1.29 bits per heavy atom. The summed E-state index contributed by atoms with van der Waals surface area (Å²) in [6.07, 6.45) is 5.89. The Morgan fingerprint density at radius 3 is 2.50 bits per heavy atom. The highest BCUT2D eigenvalue weighted by Crippen LogP contribution is 2.16. The van der Waals surface area contributed by atoms with E-state index in [0.717, 1.165) is 0 Å². The second-order valence-corrected chi connectivity index (χ2v) is 3.91. The molecule has 0 saturated heterocycles. The van der Waals surface area contributed by atoms with E-state index in [9.17, 15) is 0 Å². The maximum atomic E-state index is 5.71. The molecular weight excluding hydrogens is 172 g/mol. The largest absolute Gasteiger partial charge is 0.370 e. The Hall–Kier alpha value is -1.26. The van der Waals surface area contributed by atoms with Crippen LogP contribution in [0.1, 0.15) is 25.8 Å². The first-order valence-corrected chi connectivity index (χ1v) is 4.75. The fraction of sp³-hybridized carbons (Fsp3) is 0.385. The predicted octanol–water partition coefficient (Wildman–Crippen LogP) is 3.01. The topological polar surface area (TPSA) is 9.23 Å². The SMILES string of the molecule is C#CCC(C)(C)OCc1ccccc1. The maximum Gasteiger partial charge on any atom is 0.0739 e. The van der Waals surface area contributed by atoms with E-state index in [4.69, 9.17) is 11.2 Å². The quantitative estimate of drug-likeness (QED) is 0.660. The van der Waals surface area contributed by atoms with Gasteiger partial charge < -0.3 is 4.74 Å². The fourth-order valence-electron chi connectivity index (χ4n) is 1.15. The first-order chi connectivity index (χ1) is 6.64. The lowest BCUT2D eigenvalue weighted by Crippen LogP contribution is -2.23. The summed E-state index contributed by atoms with van der Waals surface area (Å²) in [4.78, 5) is 0. The van der Waals surface area contributed by atoms with Gasteiger partial charge in [-0.2, -0.15) is 0 Å². The molecule has 1 heteroatoms. The molecule has 0 fully saturated rings. The molecule has 14 heavy (non-hydrogen) atoms. The molecule has 0 amide bonds. The summed E-state index contributed by atoms with van der Waals surface area (Å²) in [6.45, 7) is 4.64. The van der Waals surface area contributed by atoms with Gasteiger partial charge in [-0.3, -0.25) is 0 Å². The highest BCUT2D eigenvalue weighted by molar-refractivity contribution is 5.13. The number of benzene rings is 1. The first-order valence-electron chi connectivity index (χ1n) is 4.75. The Balaban J connectivity index is 2.45. The second kappa shape index (κ2) is 4.83. The van der Waals surface area contributed by atoms with Crippen molar-refractivity contribution in [1.82, 2.24) is 0 Å². The molecule has 0 bridgehead atoms. The molecule has 0 radical (unpaired) electrons. The number of ether oxygens (including phenoxy) is 1. The molecule has 1 rings (SSSR count). The molecule has 0 aromatic heterocycles. The van der Waals surface area contributed by atoms with Gasteiger partial charge in [0.2, 0.25) is 0 Å². The van der Waals surface area contributed by atoms with Crippen molar-refractivity contribution in [2.45, 2.75) is 32.5 Å². The molecule has 74 valence electrons. The van der Waals surface area contributed by atoms with Crippen LogP contribution in [0.3, 0.4) is 0 Å². The standard InChI is InChI=1S/C13H16O/c1-4-10-13(2,3)14-11-12-8-6-5-7-9-12/h1,5-9H,10-11H2,2-3H3. The van der Waals surface area contributed by atoms with Crippen molar-refractivity contribution in [3.8, 4) is 12.3 Å². The van der Waals surface area contributed by atoms with Crippen LogP contribution in [0, 0.1) is 12.3 Å². The van der Waals surface area contributed by atoms with E-state index in [1.165, 1.54) is 5.56 Å². The van der Waals surface area contributed by atoms with Gasteiger partial charge in [-0.1, -0.05) is 30.3 Å². The van der Waals surface area contributed by atoms with E-state index < -0.39 is 0 Å². The number of terminal acetylenes is 1. The molecule has 0 unspecified atom stereocenters. The highest BCUT2D eigenvalue weighted by atomic mass is 16.5. The maximum absolute atomic E-state index is 5.71. The summed E-state index contributed by atoms with van der Waals surface area (Å²) in [5.74, 6) is 2.62. The molecule has 0 aliphatic rings. The summed E-state index contributed by atoms with van der Waals surface area (Å²) in [5.41, 5.74) is 0.947. The van der Waals surface area contributed by atoms with Gasteiger partial charge in [0, 0.05) is 6.42 Å². The Morgan fingerprint density at radius 2 is 1.93 bits per heavy atom. The minimum absolute atomic E-state index is 0.232. The third-order valence-corrected chi connectivity index (χ3v) is 2.00. The van der Waals surface area contributed by atoms with Gasteiger partial charge in [-0.25, -0.2) is 0 Å². The second-order valence-electron chi connectivity index (χ2n) is 3.91. The molecule has 0 aliphatic heterocycles. The molecule has 0 spiro atoms. The Bertz CT molecular complexity index is 306. The van der Waals surface area contributed by atoms with Crippen molar-refractivity contribution in [2.24, 2.45) is 0 Å². The van der Waals surface area contributed by atoms with E-state index in [1.54, 1.807) is 0 Å². The van der Waals surface area contributed by atoms with Crippen molar-refractivity contribution in [2.75, 3.05) is 0 Å². The fourth-order valence-corrected chi connectivity index (χ4v) is 1.15. The van der Waals surface area contributed by atoms with Crippen molar-refractivity contribution in [3.05, 3.63) is 35.9 Å². The van der Waals surface area contributed by atoms with Crippen LogP contribution in [-0.4, -0.2) is 5.60 Å². The van der Waals surface area contributed by atoms with E-state index in [-0.39, 0.29) is 5.60 Å². The third kappa shape index (κ3) is 3.64. The van der Waals surface area contributed by atoms with Crippen LogP contribution in [0.5, 0.6) is 0 Å². The van der Waals surface area contributed by atoms with Crippen LogP contribution < -0.4 is 0 Å². The molecule has 0 heterocycles. The molecular formula is C13H16O. The average Bonchev–Trinajstić information content (AvgIpc) is 2.17. The molecule has 1 nitrogen and oxygen atoms in total. The number of rotatable bonds is 4. The lowest BCUT2D eigenvalue weighted by atomic mass is 10.1. The normalized spacial score (nSPS) is 10.9. The van der Waals surface area contributed by atoms with Gasteiger partial charge in [0.15, 0.2) is 0 Å². The summed E-state index contributed by atoms with van der Waals surface area (Å²) < 4.78 is 5.71. The minimum Gasteiger partial charge on any atom is -0.370 e. The zero-order chi connectivity index (χ0) is 10.4. The molecule has 0 aliphatic carbocycles. The lowest BCUT2D eigenvalue weighted by molar-refractivity contribution is -0.0253. The van der Waals surface area contributed by atoms with Crippen molar-refractivity contribution in [1.29, 1.82) is 0 Å². The van der Waals surface area contributed by atoms with E-state index in [2.05, 4.69) is 5.92 Å². The van der Waals surface area contributed by atoms with Crippen LogP contribution in [0.4, 0.5) is 0 Å². The summed E-state index contributed by atoms with van der Waals surface area (Å²) >= 11 is 0. The van der Waals surface area contributed by atoms with Crippen LogP contribution in [-0.2, 0) is 11.3 Å². The number of hydrogen-bond donors (Lipinski definition) is 0. The molecule has 1 aromatic rings. The molecule has 0 N–H and O–H groups in total. The van der Waals surface area contributed by atoms with E-state index in [0.29, 0.717) is 13.0 Å².